The summed E-state index contributed by atoms with van der Waals surface area (Å²) in [4.78, 5) is 11.8. The fraction of sp³-hybridized carbons (Fsp3) is 0.444. The van der Waals surface area contributed by atoms with E-state index in [4.69, 9.17) is 0 Å². The summed E-state index contributed by atoms with van der Waals surface area (Å²) < 4.78 is 2.01. The van der Waals surface area contributed by atoms with Crippen molar-refractivity contribution in [2.24, 2.45) is 0 Å². The maximum atomic E-state index is 11.8. The lowest BCUT2D eigenvalue weighted by Gasteiger charge is -2.07. The average Bonchev–Trinajstić information content (AvgIpc) is 2.80. The van der Waals surface area contributed by atoms with Crippen LogP contribution in [0.4, 0.5) is 0 Å². The summed E-state index contributed by atoms with van der Waals surface area (Å²) in [6, 6.07) is 10.3. The van der Waals surface area contributed by atoms with Crippen LogP contribution in [-0.4, -0.2) is 29.3 Å². The number of nitrogens with one attached hydrogen (secondary N) is 2. The largest absolute Gasteiger partial charge is 0.352 e. The number of hydrogen-bond acceptors (Lipinski definition) is 3. The molecule has 0 fully saturated rings. The summed E-state index contributed by atoms with van der Waals surface area (Å²) in [5, 5.41) is 10.7. The van der Waals surface area contributed by atoms with E-state index < -0.39 is 0 Å². The van der Waals surface area contributed by atoms with Crippen molar-refractivity contribution in [2.45, 2.75) is 39.8 Å². The van der Waals surface area contributed by atoms with Crippen molar-refractivity contribution in [1.29, 1.82) is 0 Å². The predicted octanol–water partition coefficient (Wildman–Crippen LogP) is 2.16. The van der Waals surface area contributed by atoms with Crippen LogP contribution in [0.3, 0.4) is 0 Å². The van der Waals surface area contributed by atoms with E-state index in [-0.39, 0.29) is 5.91 Å². The van der Waals surface area contributed by atoms with Gasteiger partial charge in [0.1, 0.15) is 0 Å². The van der Waals surface area contributed by atoms with E-state index in [0.29, 0.717) is 13.0 Å². The van der Waals surface area contributed by atoms with Crippen molar-refractivity contribution in [3.63, 3.8) is 0 Å². The summed E-state index contributed by atoms with van der Waals surface area (Å²) in [6.45, 7) is 6.22. The second-order valence-electron chi connectivity index (χ2n) is 5.78. The Kier molecular flexibility index (Phi) is 6.35. The zero-order valence-corrected chi connectivity index (χ0v) is 14.2. The number of amides is 1. The average molecular weight is 314 g/mol. The first-order valence-corrected chi connectivity index (χ1v) is 8.10. The van der Waals surface area contributed by atoms with Crippen LogP contribution in [0.5, 0.6) is 0 Å². The van der Waals surface area contributed by atoms with Crippen LogP contribution in [0.1, 0.15) is 35.4 Å². The van der Waals surface area contributed by atoms with Gasteiger partial charge >= 0.3 is 0 Å². The molecule has 23 heavy (non-hydrogen) atoms. The number of hydrogen-bond donors (Lipinski definition) is 2. The van der Waals surface area contributed by atoms with Crippen molar-refractivity contribution in [3.05, 3.63) is 52.8 Å². The molecule has 2 rings (SSSR count). The minimum atomic E-state index is 0.0925. The van der Waals surface area contributed by atoms with E-state index in [1.807, 2.05) is 36.9 Å². The van der Waals surface area contributed by atoms with E-state index in [2.05, 4.69) is 34.8 Å². The van der Waals surface area contributed by atoms with Crippen LogP contribution in [0, 0.1) is 13.8 Å². The van der Waals surface area contributed by atoms with Gasteiger partial charge in [-0.05, 0) is 39.4 Å². The zero-order chi connectivity index (χ0) is 16.7. The van der Waals surface area contributed by atoms with Crippen molar-refractivity contribution < 1.29 is 4.79 Å². The molecule has 0 bridgehead atoms. The molecule has 1 amide bonds. The number of carbonyl (C=O) groups is 1. The smallest absolute Gasteiger partial charge is 0.220 e. The van der Waals surface area contributed by atoms with Gasteiger partial charge in [0.2, 0.25) is 5.91 Å². The molecule has 0 unspecified atom stereocenters. The highest BCUT2D eigenvalue weighted by Crippen LogP contribution is 2.14. The fourth-order valence-corrected chi connectivity index (χ4v) is 2.60. The minimum absolute atomic E-state index is 0.0925. The normalized spacial score (nSPS) is 10.7. The first kappa shape index (κ1) is 17.2. The van der Waals surface area contributed by atoms with Gasteiger partial charge in [0.25, 0.3) is 0 Å². The minimum Gasteiger partial charge on any atom is -0.352 e. The topological polar surface area (TPSA) is 59.0 Å². The molecule has 1 aromatic carbocycles. The second kappa shape index (κ2) is 8.48. The van der Waals surface area contributed by atoms with Crippen LogP contribution in [0.15, 0.2) is 30.3 Å². The summed E-state index contributed by atoms with van der Waals surface area (Å²) in [5.41, 5.74) is 4.43. The number of aryl methyl sites for hydroxylation is 1. The summed E-state index contributed by atoms with van der Waals surface area (Å²) >= 11 is 0. The monoisotopic (exact) mass is 314 g/mol. The molecule has 0 saturated heterocycles. The van der Waals surface area contributed by atoms with Gasteiger partial charge in [-0.15, -0.1) is 0 Å². The molecule has 1 heterocycles. The third-order valence-corrected chi connectivity index (χ3v) is 4.00. The van der Waals surface area contributed by atoms with Crippen molar-refractivity contribution in [1.82, 2.24) is 20.4 Å². The fourth-order valence-electron chi connectivity index (χ4n) is 2.60. The van der Waals surface area contributed by atoms with Gasteiger partial charge in [-0.25, -0.2) is 0 Å². The van der Waals surface area contributed by atoms with Crippen LogP contribution in [0.25, 0.3) is 0 Å². The van der Waals surface area contributed by atoms with E-state index >= 15 is 0 Å². The molecule has 5 nitrogen and oxygen atoms in total. The molecule has 124 valence electrons. The summed E-state index contributed by atoms with van der Waals surface area (Å²) in [5.74, 6) is 0.0925. The molecule has 0 spiro atoms. The van der Waals surface area contributed by atoms with Crippen molar-refractivity contribution in [3.8, 4) is 0 Å². The predicted molar refractivity (Wildman–Crippen MR) is 92.3 cm³/mol. The molecule has 1 aromatic heterocycles. The quantitative estimate of drug-likeness (QED) is 0.734. The van der Waals surface area contributed by atoms with Gasteiger partial charge in [-0.3, -0.25) is 9.48 Å². The van der Waals surface area contributed by atoms with E-state index in [0.717, 1.165) is 36.5 Å². The number of aromatic nitrogens is 2. The molecule has 5 heteroatoms. The Balaban J connectivity index is 1.96. The third kappa shape index (κ3) is 4.93. The van der Waals surface area contributed by atoms with Crippen LogP contribution in [-0.2, 0) is 17.9 Å². The Labute approximate surface area is 138 Å². The van der Waals surface area contributed by atoms with Gasteiger partial charge < -0.3 is 10.6 Å². The van der Waals surface area contributed by atoms with Crippen LogP contribution in [0.2, 0.25) is 0 Å². The molecule has 2 N–H and O–H groups in total. The Hall–Kier alpha value is -2.14. The third-order valence-electron chi connectivity index (χ3n) is 4.00. The van der Waals surface area contributed by atoms with Gasteiger partial charge in [0, 0.05) is 24.2 Å². The van der Waals surface area contributed by atoms with E-state index in [1.54, 1.807) is 0 Å². The first-order chi connectivity index (χ1) is 11.1. The highest BCUT2D eigenvalue weighted by molar-refractivity contribution is 5.75. The highest BCUT2D eigenvalue weighted by Gasteiger charge is 2.12. The summed E-state index contributed by atoms with van der Waals surface area (Å²) in [7, 11) is 1.89. The van der Waals surface area contributed by atoms with Gasteiger partial charge in [0.15, 0.2) is 0 Å². The van der Waals surface area contributed by atoms with Gasteiger partial charge in [0.05, 0.1) is 12.2 Å². The van der Waals surface area contributed by atoms with Crippen LogP contribution < -0.4 is 10.6 Å². The molecule has 2 aromatic rings. The SMILES string of the molecule is CNCCCC(=O)NCc1c(C)nn(Cc2ccccc2)c1C. The first-order valence-electron chi connectivity index (χ1n) is 8.10. The molecular formula is C18H26N4O. The molecular weight excluding hydrogens is 288 g/mol. The molecule has 0 saturated carbocycles. The Morgan fingerprint density at radius 3 is 2.65 bits per heavy atom. The van der Waals surface area contributed by atoms with E-state index in [9.17, 15) is 4.79 Å². The Morgan fingerprint density at radius 1 is 1.22 bits per heavy atom. The highest BCUT2D eigenvalue weighted by atomic mass is 16.1. The summed E-state index contributed by atoms with van der Waals surface area (Å²) in [6.07, 6.45) is 1.41. The number of rotatable bonds is 8. The Bertz CT molecular complexity index is 634. The standard InChI is InChI=1S/C18H26N4O/c1-14-17(12-20-18(23)10-7-11-19-3)15(2)22(21-14)13-16-8-5-4-6-9-16/h4-6,8-9,19H,7,10-13H2,1-3H3,(H,20,23). The number of nitrogens with zero attached hydrogens (tertiary/aromatic N) is 2. The zero-order valence-electron chi connectivity index (χ0n) is 14.2. The molecule has 0 aliphatic heterocycles. The van der Waals surface area contributed by atoms with Gasteiger partial charge in [-0.1, -0.05) is 30.3 Å². The van der Waals surface area contributed by atoms with Crippen molar-refractivity contribution >= 4 is 5.91 Å². The number of carbonyl (C=O) groups excluding carboxylic acids is 1. The van der Waals surface area contributed by atoms with Gasteiger partial charge in [-0.2, -0.15) is 5.10 Å². The van der Waals surface area contributed by atoms with E-state index in [1.165, 1.54) is 5.56 Å². The maximum absolute atomic E-state index is 11.8. The molecule has 0 aliphatic rings. The lowest BCUT2D eigenvalue weighted by molar-refractivity contribution is -0.121. The second-order valence-corrected chi connectivity index (χ2v) is 5.78. The molecule has 0 aliphatic carbocycles. The molecule has 0 atom stereocenters. The maximum Gasteiger partial charge on any atom is 0.220 e. The Morgan fingerprint density at radius 2 is 1.96 bits per heavy atom. The van der Waals surface area contributed by atoms with Crippen LogP contribution >= 0.6 is 0 Å². The number of benzene rings is 1. The molecule has 0 radical (unpaired) electrons. The van der Waals surface area contributed by atoms with Crippen molar-refractivity contribution in [2.75, 3.05) is 13.6 Å². The lowest BCUT2D eigenvalue weighted by Crippen LogP contribution is -2.24. The lowest BCUT2D eigenvalue weighted by atomic mass is 10.2.